The van der Waals surface area contributed by atoms with Crippen LogP contribution in [-0.2, 0) is 9.59 Å². The number of carbonyl (C=O) groups is 2. The van der Waals surface area contributed by atoms with E-state index in [1.807, 2.05) is 6.92 Å². The van der Waals surface area contributed by atoms with E-state index in [0.29, 0.717) is 19.4 Å². The number of nitrogens with two attached hydrogens (primary N) is 1. The Morgan fingerprint density at radius 3 is 2.65 bits per heavy atom. The van der Waals surface area contributed by atoms with Gasteiger partial charge in [0.15, 0.2) is 0 Å². The Labute approximate surface area is 103 Å². The Bertz CT molecular complexity index is 289. The molecule has 98 valence electrons. The average molecular weight is 241 g/mol. The normalized spacial score (nSPS) is 21.4. The van der Waals surface area contributed by atoms with Crippen molar-refractivity contribution in [2.45, 2.75) is 44.7 Å². The number of nitrogens with zero attached hydrogens (tertiary/aromatic N) is 2. The monoisotopic (exact) mass is 241 g/mol. The minimum atomic E-state index is -0.259. The van der Waals surface area contributed by atoms with Crippen LogP contribution in [0.5, 0.6) is 0 Å². The zero-order valence-corrected chi connectivity index (χ0v) is 11.0. The van der Waals surface area contributed by atoms with Gasteiger partial charge in [-0.25, -0.2) is 0 Å². The van der Waals surface area contributed by atoms with Crippen molar-refractivity contribution >= 4 is 11.8 Å². The van der Waals surface area contributed by atoms with Crippen LogP contribution >= 0.6 is 0 Å². The molecule has 2 amide bonds. The number of likely N-dealkylation sites (N-methyl/N-ethyl adjacent to an activating group) is 1. The van der Waals surface area contributed by atoms with Gasteiger partial charge in [0.25, 0.3) is 0 Å². The second-order valence-corrected chi connectivity index (χ2v) is 4.99. The highest BCUT2D eigenvalue weighted by Crippen LogP contribution is 2.20. The van der Waals surface area contributed by atoms with Crippen molar-refractivity contribution in [3.63, 3.8) is 0 Å². The quantitative estimate of drug-likeness (QED) is 0.764. The van der Waals surface area contributed by atoms with Crippen LogP contribution in [0.15, 0.2) is 0 Å². The van der Waals surface area contributed by atoms with Crippen LogP contribution in [0, 0.1) is 0 Å². The van der Waals surface area contributed by atoms with Gasteiger partial charge in [0.2, 0.25) is 11.8 Å². The van der Waals surface area contributed by atoms with Gasteiger partial charge in [-0.3, -0.25) is 9.59 Å². The third kappa shape index (κ3) is 3.70. The lowest BCUT2D eigenvalue weighted by Gasteiger charge is -2.26. The smallest absolute Gasteiger partial charge is 0.244 e. The minimum Gasteiger partial charge on any atom is -0.347 e. The third-order valence-electron chi connectivity index (χ3n) is 3.11. The summed E-state index contributed by atoms with van der Waals surface area (Å²) in [6.07, 6.45) is 2.81. The molecule has 2 unspecified atom stereocenters. The number of hydrogen-bond donors (Lipinski definition) is 1. The van der Waals surface area contributed by atoms with Crippen LogP contribution in [0.1, 0.15) is 32.6 Å². The lowest BCUT2D eigenvalue weighted by molar-refractivity contribution is -0.142. The molecule has 2 atom stereocenters. The van der Waals surface area contributed by atoms with Crippen molar-refractivity contribution < 1.29 is 9.59 Å². The SMILES string of the molecule is CC(N)CCC(=O)N1CCCC1C(=O)N(C)C. The fourth-order valence-electron chi connectivity index (χ4n) is 2.11. The Morgan fingerprint density at radius 2 is 2.12 bits per heavy atom. The van der Waals surface area contributed by atoms with Crippen LogP contribution in [0.2, 0.25) is 0 Å². The number of amides is 2. The standard InChI is InChI=1S/C12H23N3O2/c1-9(13)6-7-11(16)15-8-4-5-10(15)12(17)14(2)3/h9-10H,4-8,13H2,1-3H3. The molecule has 17 heavy (non-hydrogen) atoms. The molecule has 0 aromatic carbocycles. The maximum atomic E-state index is 12.0. The highest BCUT2D eigenvalue weighted by molar-refractivity contribution is 5.88. The largest absolute Gasteiger partial charge is 0.347 e. The lowest BCUT2D eigenvalue weighted by Crippen LogP contribution is -2.45. The average Bonchev–Trinajstić information content (AvgIpc) is 2.73. The summed E-state index contributed by atoms with van der Waals surface area (Å²) in [6, 6.07) is -0.227. The van der Waals surface area contributed by atoms with Gasteiger partial charge in [-0.05, 0) is 26.2 Å². The third-order valence-corrected chi connectivity index (χ3v) is 3.11. The van der Waals surface area contributed by atoms with E-state index in [-0.39, 0.29) is 23.9 Å². The van der Waals surface area contributed by atoms with Gasteiger partial charge in [0, 0.05) is 33.1 Å². The van der Waals surface area contributed by atoms with Crippen LogP contribution in [-0.4, -0.2) is 54.3 Å². The second-order valence-electron chi connectivity index (χ2n) is 4.99. The summed E-state index contributed by atoms with van der Waals surface area (Å²) in [5.41, 5.74) is 5.64. The second kappa shape index (κ2) is 6.00. The van der Waals surface area contributed by atoms with Gasteiger partial charge < -0.3 is 15.5 Å². The van der Waals surface area contributed by atoms with Crippen molar-refractivity contribution in [1.29, 1.82) is 0 Å². The molecule has 1 fully saturated rings. The van der Waals surface area contributed by atoms with E-state index in [2.05, 4.69) is 0 Å². The van der Waals surface area contributed by atoms with Crippen molar-refractivity contribution in [2.75, 3.05) is 20.6 Å². The molecule has 0 bridgehead atoms. The van der Waals surface area contributed by atoms with Crippen molar-refractivity contribution in [3.8, 4) is 0 Å². The van der Waals surface area contributed by atoms with Crippen molar-refractivity contribution in [3.05, 3.63) is 0 Å². The first-order chi connectivity index (χ1) is 7.93. The fraction of sp³-hybridized carbons (Fsp3) is 0.833. The number of hydrogen-bond acceptors (Lipinski definition) is 3. The number of carbonyl (C=O) groups excluding carboxylic acids is 2. The molecule has 5 heteroatoms. The number of likely N-dealkylation sites (tertiary alicyclic amines) is 1. The molecule has 1 saturated heterocycles. The molecule has 1 heterocycles. The van der Waals surface area contributed by atoms with E-state index in [4.69, 9.17) is 5.73 Å². The summed E-state index contributed by atoms with van der Waals surface area (Å²) in [7, 11) is 3.45. The lowest BCUT2D eigenvalue weighted by atomic mass is 10.1. The van der Waals surface area contributed by atoms with Gasteiger partial charge in [0.1, 0.15) is 6.04 Å². The summed E-state index contributed by atoms with van der Waals surface area (Å²) < 4.78 is 0. The maximum Gasteiger partial charge on any atom is 0.244 e. The van der Waals surface area contributed by atoms with E-state index in [1.54, 1.807) is 23.9 Å². The van der Waals surface area contributed by atoms with Gasteiger partial charge in [0.05, 0.1) is 0 Å². The summed E-state index contributed by atoms with van der Waals surface area (Å²) in [4.78, 5) is 27.2. The van der Waals surface area contributed by atoms with E-state index >= 15 is 0 Å². The first-order valence-corrected chi connectivity index (χ1v) is 6.19. The first kappa shape index (κ1) is 14.0. The maximum absolute atomic E-state index is 12.0. The molecule has 0 radical (unpaired) electrons. The Kier molecular flexibility index (Phi) is 4.93. The molecule has 1 aliphatic heterocycles. The van der Waals surface area contributed by atoms with Crippen LogP contribution in [0.25, 0.3) is 0 Å². The summed E-state index contributed by atoms with van der Waals surface area (Å²) >= 11 is 0. The van der Waals surface area contributed by atoms with E-state index in [0.717, 1.165) is 12.8 Å². The summed E-state index contributed by atoms with van der Waals surface area (Å²) in [6.45, 7) is 2.59. The van der Waals surface area contributed by atoms with Crippen molar-refractivity contribution in [2.24, 2.45) is 5.73 Å². The molecule has 1 aliphatic rings. The van der Waals surface area contributed by atoms with E-state index < -0.39 is 0 Å². The van der Waals surface area contributed by atoms with Crippen LogP contribution in [0.3, 0.4) is 0 Å². The molecule has 2 N–H and O–H groups in total. The molecule has 5 nitrogen and oxygen atoms in total. The van der Waals surface area contributed by atoms with Gasteiger partial charge in [-0.2, -0.15) is 0 Å². The zero-order chi connectivity index (χ0) is 13.0. The summed E-state index contributed by atoms with van der Waals surface area (Å²) in [5, 5.41) is 0. The molecule has 0 saturated carbocycles. The predicted octanol–water partition coefficient (Wildman–Crippen LogP) is 0.193. The Hall–Kier alpha value is -1.10. The molecule has 0 spiro atoms. The predicted molar refractivity (Wildman–Crippen MR) is 66.3 cm³/mol. The minimum absolute atomic E-state index is 0.0247. The molecular weight excluding hydrogens is 218 g/mol. The fourth-order valence-corrected chi connectivity index (χ4v) is 2.11. The highest BCUT2D eigenvalue weighted by atomic mass is 16.2. The highest BCUT2D eigenvalue weighted by Gasteiger charge is 2.34. The van der Waals surface area contributed by atoms with E-state index in [1.165, 1.54) is 0 Å². The van der Waals surface area contributed by atoms with Crippen LogP contribution < -0.4 is 5.73 Å². The molecule has 1 rings (SSSR count). The number of rotatable bonds is 4. The van der Waals surface area contributed by atoms with E-state index in [9.17, 15) is 9.59 Å². The van der Waals surface area contributed by atoms with Gasteiger partial charge in [-0.1, -0.05) is 0 Å². The molecule has 0 aromatic rings. The Balaban J connectivity index is 2.57. The molecule has 0 aliphatic carbocycles. The van der Waals surface area contributed by atoms with Crippen molar-refractivity contribution in [1.82, 2.24) is 9.80 Å². The first-order valence-electron chi connectivity index (χ1n) is 6.19. The van der Waals surface area contributed by atoms with Gasteiger partial charge >= 0.3 is 0 Å². The van der Waals surface area contributed by atoms with Gasteiger partial charge in [-0.15, -0.1) is 0 Å². The molecular formula is C12H23N3O2. The zero-order valence-electron chi connectivity index (χ0n) is 11.0. The topological polar surface area (TPSA) is 66.6 Å². The Morgan fingerprint density at radius 1 is 1.47 bits per heavy atom. The van der Waals surface area contributed by atoms with Crippen LogP contribution in [0.4, 0.5) is 0 Å². The molecule has 0 aromatic heterocycles. The summed E-state index contributed by atoms with van der Waals surface area (Å²) in [5.74, 6) is 0.0802.